The van der Waals surface area contributed by atoms with Crippen LogP contribution in [0.1, 0.15) is 0 Å². The summed E-state index contributed by atoms with van der Waals surface area (Å²) in [6, 6.07) is 69.9. The van der Waals surface area contributed by atoms with Crippen molar-refractivity contribution in [3.63, 3.8) is 0 Å². The number of fused-ring (bicyclic) bond motifs is 4. The number of ether oxygens (including phenoxy) is 1. The molecule has 0 bridgehead atoms. The van der Waals surface area contributed by atoms with Gasteiger partial charge in [-0.3, -0.25) is 0 Å². The summed E-state index contributed by atoms with van der Waals surface area (Å²) < 4.78 is 6.86. The Labute approximate surface area is 297 Å². The van der Waals surface area contributed by atoms with E-state index in [4.69, 9.17) is 4.74 Å². The Morgan fingerprint density at radius 3 is 1.43 bits per heavy atom. The molecule has 10 rings (SSSR count). The molecule has 0 saturated carbocycles. The molecule has 0 unspecified atom stereocenters. The third-order valence-electron chi connectivity index (χ3n) is 10.2. The van der Waals surface area contributed by atoms with E-state index < -0.39 is 0 Å². The first-order valence-electron chi connectivity index (χ1n) is 17.5. The average molecular weight is 649 g/mol. The van der Waals surface area contributed by atoms with E-state index in [1.54, 1.807) is 0 Å². The summed E-state index contributed by atoms with van der Waals surface area (Å²) in [5, 5.41) is 4.84. The zero-order valence-corrected chi connectivity index (χ0v) is 27.9. The molecule has 0 fully saturated rings. The summed E-state index contributed by atoms with van der Waals surface area (Å²) in [5.41, 5.74) is 14.1. The van der Waals surface area contributed by atoms with Gasteiger partial charge in [-0.25, -0.2) is 0 Å². The quantitative estimate of drug-likeness (QED) is 0.169. The van der Waals surface area contributed by atoms with Crippen LogP contribution in [0.15, 0.2) is 194 Å². The highest BCUT2D eigenvalue weighted by Crippen LogP contribution is 2.51. The van der Waals surface area contributed by atoms with Crippen LogP contribution in [0.2, 0.25) is 0 Å². The zero-order valence-electron chi connectivity index (χ0n) is 27.9. The molecule has 0 radical (unpaired) electrons. The van der Waals surface area contributed by atoms with Gasteiger partial charge in [0, 0.05) is 16.5 Å². The fourth-order valence-corrected chi connectivity index (χ4v) is 7.76. The van der Waals surface area contributed by atoms with Crippen LogP contribution in [-0.2, 0) is 0 Å². The van der Waals surface area contributed by atoms with E-state index in [-0.39, 0.29) is 0 Å². The Balaban J connectivity index is 1.06. The standard InChI is InChI=1S/C50H32O/c1-3-13-33(14-4-1)40-29-41(34-15-5-2-6-16-34)31-42(30-40)37-20-9-18-35(27-37)36-19-10-21-38(28-36)44-23-11-26-47-46-25-12-24-45-43-22-8-7-17-39(43)32-48(49(45)46)51-50(44)47/h1-32H. The third-order valence-corrected chi connectivity index (χ3v) is 10.2. The van der Waals surface area contributed by atoms with Crippen LogP contribution in [0, 0.1) is 0 Å². The van der Waals surface area contributed by atoms with Crippen molar-refractivity contribution in [1.29, 1.82) is 0 Å². The lowest BCUT2D eigenvalue weighted by Gasteiger charge is -2.24. The van der Waals surface area contributed by atoms with Gasteiger partial charge in [-0.05, 0) is 108 Å². The van der Waals surface area contributed by atoms with E-state index >= 15 is 0 Å². The Hall–Kier alpha value is -6.70. The van der Waals surface area contributed by atoms with Crippen molar-refractivity contribution in [2.24, 2.45) is 0 Å². The molecule has 1 heteroatoms. The second-order valence-electron chi connectivity index (χ2n) is 13.3. The SMILES string of the molecule is c1ccc(-c2cc(-c3ccccc3)cc(-c3cccc(-c4cccc(-c5cccc6c5Oc5cc7ccccc7c7cccc-6c57)c4)c3)c2)cc1. The maximum absolute atomic E-state index is 6.86. The minimum Gasteiger partial charge on any atom is -0.455 e. The minimum atomic E-state index is 0.907. The van der Waals surface area contributed by atoms with E-state index in [0.717, 1.165) is 28.2 Å². The molecule has 0 N–H and O–H groups in total. The Bertz CT molecular complexity index is 2700. The Morgan fingerprint density at radius 1 is 0.275 bits per heavy atom. The fraction of sp³-hybridized carbons (Fsp3) is 0. The summed E-state index contributed by atoms with van der Waals surface area (Å²) in [7, 11) is 0. The minimum absolute atomic E-state index is 0.907. The van der Waals surface area contributed by atoms with Gasteiger partial charge in [-0.1, -0.05) is 158 Å². The van der Waals surface area contributed by atoms with Gasteiger partial charge in [0.05, 0.1) is 0 Å². The van der Waals surface area contributed by atoms with Gasteiger partial charge >= 0.3 is 0 Å². The molecule has 0 aliphatic carbocycles. The second-order valence-corrected chi connectivity index (χ2v) is 13.3. The summed E-state index contributed by atoms with van der Waals surface area (Å²) in [5.74, 6) is 1.82. The van der Waals surface area contributed by atoms with E-state index in [1.165, 1.54) is 71.6 Å². The molecule has 51 heavy (non-hydrogen) atoms. The number of para-hydroxylation sites is 1. The summed E-state index contributed by atoms with van der Waals surface area (Å²) in [4.78, 5) is 0. The van der Waals surface area contributed by atoms with Gasteiger partial charge in [0.2, 0.25) is 0 Å². The summed E-state index contributed by atoms with van der Waals surface area (Å²) in [6.07, 6.45) is 0. The van der Waals surface area contributed by atoms with Gasteiger partial charge in [0.15, 0.2) is 0 Å². The molecule has 9 aromatic carbocycles. The Morgan fingerprint density at radius 2 is 0.725 bits per heavy atom. The first-order valence-corrected chi connectivity index (χ1v) is 17.5. The van der Waals surface area contributed by atoms with Crippen molar-refractivity contribution in [1.82, 2.24) is 0 Å². The van der Waals surface area contributed by atoms with Gasteiger partial charge in [-0.2, -0.15) is 0 Å². The predicted molar refractivity (Wildman–Crippen MR) is 214 cm³/mol. The normalized spacial score (nSPS) is 11.7. The summed E-state index contributed by atoms with van der Waals surface area (Å²) in [6.45, 7) is 0. The molecule has 9 aromatic rings. The van der Waals surface area contributed by atoms with Crippen molar-refractivity contribution in [2.75, 3.05) is 0 Å². The van der Waals surface area contributed by atoms with Crippen molar-refractivity contribution in [2.45, 2.75) is 0 Å². The van der Waals surface area contributed by atoms with E-state index in [9.17, 15) is 0 Å². The topological polar surface area (TPSA) is 9.23 Å². The number of rotatable bonds is 5. The monoisotopic (exact) mass is 648 g/mol. The molecule has 1 heterocycles. The average Bonchev–Trinajstić information content (AvgIpc) is 3.21. The van der Waals surface area contributed by atoms with Gasteiger partial charge < -0.3 is 4.74 Å². The maximum Gasteiger partial charge on any atom is 0.143 e. The second kappa shape index (κ2) is 12.0. The van der Waals surface area contributed by atoms with Crippen LogP contribution < -0.4 is 4.74 Å². The molecule has 0 saturated heterocycles. The van der Waals surface area contributed by atoms with Gasteiger partial charge in [-0.15, -0.1) is 0 Å². The van der Waals surface area contributed by atoms with E-state index in [1.807, 2.05) is 0 Å². The van der Waals surface area contributed by atoms with Crippen molar-refractivity contribution < 1.29 is 4.74 Å². The number of hydrogen-bond acceptors (Lipinski definition) is 1. The summed E-state index contributed by atoms with van der Waals surface area (Å²) >= 11 is 0. The lowest BCUT2D eigenvalue weighted by atomic mass is 9.89. The van der Waals surface area contributed by atoms with E-state index in [0.29, 0.717) is 0 Å². The molecule has 1 nitrogen and oxygen atoms in total. The molecule has 1 aliphatic rings. The maximum atomic E-state index is 6.86. The molecule has 0 atom stereocenters. The Kier molecular flexibility index (Phi) is 6.89. The van der Waals surface area contributed by atoms with Crippen molar-refractivity contribution in [3.05, 3.63) is 194 Å². The first-order chi connectivity index (χ1) is 25.3. The fourth-order valence-electron chi connectivity index (χ4n) is 7.76. The number of benzene rings is 9. The predicted octanol–water partition coefficient (Wildman–Crippen LogP) is 14.1. The first kappa shape index (κ1) is 29.2. The van der Waals surface area contributed by atoms with E-state index in [2.05, 4.69) is 194 Å². The van der Waals surface area contributed by atoms with Crippen molar-refractivity contribution >= 4 is 21.5 Å². The third kappa shape index (κ3) is 5.10. The molecule has 0 amide bonds. The van der Waals surface area contributed by atoms with Crippen LogP contribution in [-0.4, -0.2) is 0 Å². The number of hydrogen-bond donors (Lipinski definition) is 0. The molecule has 0 spiro atoms. The smallest absolute Gasteiger partial charge is 0.143 e. The van der Waals surface area contributed by atoms with Crippen molar-refractivity contribution in [3.8, 4) is 78.3 Å². The largest absolute Gasteiger partial charge is 0.455 e. The van der Waals surface area contributed by atoms with Gasteiger partial charge in [0.25, 0.3) is 0 Å². The molecule has 0 aromatic heterocycles. The molecular weight excluding hydrogens is 617 g/mol. The lowest BCUT2D eigenvalue weighted by molar-refractivity contribution is 0.489. The van der Waals surface area contributed by atoms with Crippen LogP contribution in [0.3, 0.4) is 0 Å². The van der Waals surface area contributed by atoms with Crippen LogP contribution >= 0.6 is 0 Å². The molecular formula is C50H32O. The van der Waals surface area contributed by atoms with Crippen LogP contribution in [0.4, 0.5) is 0 Å². The van der Waals surface area contributed by atoms with Crippen LogP contribution in [0.5, 0.6) is 11.5 Å². The highest BCUT2D eigenvalue weighted by molar-refractivity contribution is 6.16. The molecule has 1 aliphatic heterocycles. The molecule has 238 valence electrons. The highest BCUT2D eigenvalue weighted by atomic mass is 16.5. The highest BCUT2D eigenvalue weighted by Gasteiger charge is 2.24. The lowest BCUT2D eigenvalue weighted by Crippen LogP contribution is -1.99. The zero-order chi connectivity index (χ0) is 33.7. The van der Waals surface area contributed by atoms with Gasteiger partial charge in [0.1, 0.15) is 11.5 Å². The van der Waals surface area contributed by atoms with Crippen LogP contribution in [0.25, 0.3) is 88.3 Å².